The minimum absolute atomic E-state index is 0.0605. The zero-order valence-electron chi connectivity index (χ0n) is 12.7. The first-order valence-electron chi connectivity index (χ1n) is 6.84. The number of nitro groups is 2. The van der Waals surface area contributed by atoms with Gasteiger partial charge in [0.05, 0.1) is 23.0 Å². The Morgan fingerprint density at radius 1 is 0.875 bits per heavy atom. The van der Waals surface area contributed by atoms with E-state index in [0.717, 1.165) is 0 Å². The van der Waals surface area contributed by atoms with Crippen LogP contribution in [0.1, 0.15) is 0 Å². The van der Waals surface area contributed by atoms with Gasteiger partial charge >= 0.3 is 5.69 Å². The van der Waals surface area contributed by atoms with Crippen molar-refractivity contribution in [3.63, 3.8) is 0 Å². The SMILES string of the molecule is COc1cc([N+](=O)[O-])ccc1OCCOc1ccccc1[N+](=O)[O-]. The van der Waals surface area contributed by atoms with E-state index >= 15 is 0 Å². The van der Waals surface area contributed by atoms with Gasteiger partial charge in [0.25, 0.3) is 5.69 Å². The van der Waals surface area contributed by atoms with Crippen LogP contribution in [0.2, 0.25) is 0 Å². The second-order valence-electron chi connectivity index (χ2n) is 4.51. The van der Waals surface area contributed by atoms with Gasteiger partial charge in [-0.1, -0.05) is 12.1 Å². The standard InChI is InChI=1S/C15H14N2O7/c1-22-15-10-11(16(18)19)6-7-14(15)24-9-8-23-13-5-3-2-4-12(13)17(20)21/h2-7,10H,8-9H2,1H3. The van der Waals surface area contributed by atoms with E-state index in [1.165, 1.54) is 37.4 Å². The molecule has 0 aromatic heterocycles. The molecule has 0 saturated carbocycles. The molecule has 0 heterocycles. The van der Waals surface area contributed by atoms with E-state index in [1.54, 1.807) is 12.1 Å². The highest BCUT2D eigenvalue weighted by Gasteiger charge is 2.14. The van der Waals surface area contributed by atoms with Crippen LogP contribution in [0.3, 0.4) is 0 Å². The summed E-state index contributed by atoms with van der Waals surface area (Å²) in [6.45, 7) is 0.144. The molecule has 2 aromatic carbocycles. The van der Waals surface area contributed by atoms with Gasteiger partial charge in [0.15, 0.2) is 17.2 Å². The Labute approximate surface area is 136 Å². The smallest absolute Gasteiger partial charge is 0.310 e. The Kier molecular flexibility index (Phi) is 5.50. The largest absolute Gasteiger partial charge is 0.493 e. The van der Waals surface area contributed by atoms with Crippen LogP contribution in [-0.4, -0.2) is 30.2 Å². The summed E-state index contributed by atoms with van der Waals surface area (Å²) in [6, 6.07) is 9.97. The summed E-state index contributed by atoms with van der Waals surface area (Å²) < 4.78 is 15.8. The molecule has 0 N–H and O–H groups in total. The summed E-state index contributed by atoms with van der Waals surface area (Å²) in [6.07, 6.45) is 0. The first kappa shape index (κ1) is 17.0. The van der Waals surface area contributed by atoms with Crippen molar-refractivity contribution in [3.05, 3.63) is 62.7 Å². The molecule has 0 atom stereocenters. The lowest BCUT2D eigenvalue weighted by Crippen LogP contribution is -2.10. The summed E-state index contributed by atoms with van der Waals surface area (Å²) in [5.41, 5.74) is -0.249. The van der Waals surface area contributed by atoms with Crippen LogP contribution in [0.15, 0.2) is 42.5 Å². The number of rotatable bonds is 8. The van der Waals surface area contributed by atoms with Gasteiger partial charge in [0.2, 0.25) is 0 Å². The molecule has 0 unspecified atom stereocenters. The molecule has 126 valence electrons. The molecule has 0 amide bonds. The fourth-order valence-electron chi connectivity index (χ4n) is 1.92. The topological polar surface area (TPSA) is 114 Å². The maximum absolute atomic E-state index is 10.9. The van der Waals surface area contributed by atoms with Crippen LogP contribution in [0.5, 0.6) is 17.2 Å². The predicted molar refractivity (Wildman–Crippen MR) is 83.7 cm³/mol. The minimum atomic E-state index is -0.538. The first-order valence-corrected chi connectivity index (χ1v) is 6.84. The molecule has 9 nitrogen and oxygen atoms in total. The highest BCUT2D eigenvalue weighted by molar-refractivity contribution is 5.48. The molecule has 0 spiro atoms. The van der Waals surface area contributed by atoms with Crippen molar-refractivity contribution in [3.8, 4) is 17.2 Å². The first-order chi connectivity index (χ1) is 11.5. The van der Waals surface area contributed by atoms with E-state index in [9.17, 15) is 20.2 Å². The monoisotopic (exact) mass is 334 g/mol. The summed E-state index contributed by atoms with van der Waals surface area (Å²) in [7, 11) is 1.37. The molecule has 2 aromatic rings. The Morgan fingerprint density at radius 3 is 2.17 bits per heavy atom. The molecular formula is C15H14N2O7. The van der Waals surface area contributed by atoms with Crippen molar-refractivity contribution in [2.45, 2.75) is 0 Å². The molecule has 0 aliphatic rings. The van der Waals surface area contributed by atoms with Gasteiger partial charge in [-0.15, -0.1) is 0 Å². The van der Waals surface area contributed by atoms with Crippen molar-refractivity contribution in [2.75, 3.05) is 20.3 Å². The quantitative estimate of drug-likeness (QED) is 0.414. The molecule has 0 aliphatic heterocycles. The minimum Gasteiger partial charge on any atom is -0.493 e. The maximum Gasteiger partial charge on any atom is 0.310 e. The Bertz CT molecular complexity index is 748. The van der Waals surface area contributed by atoms with Crippen LogP contribution in [0.4, 0.5) is 11.4 Å². The molecule has 0 saturated heterocycles. The highest BCUT2D eigenvalue weighted by atomic mass is 16.6. The summed E-state index contributed by atoms with van der Waals surface area (Å²) in [5.74, 6) is 0.672. The number of hydrogen-bond acceptors (Lipinski definition) is 7. The zero-order valence-corrected chi connectivity index (χ0v) is 12.7. The number of para-hydroxylation sites is 2. The fraction of sp³-hybridized carbons (Fsp3) is 0.200. The second-order valence-corrected chi connectivity index (χ2v) is 4.51. The third-order valence-electron chi connectivity index (χ3n) is 3.02. The van der Waals surface area contributed by atoms with E-state index in [-0.39, 0.29) is 36.1 Å². The van der Waals surface area contributed by atoms with Gasteiger partial charge in [-0.3, -0.25) is 20.2 Å². The second kappa shape index (κ2) is 7.77. The molecule has 2 rings (SSSR count). The van der Waals surface area contributed by atoms with Crippen molar-refractivity contribution in [2.24, 2.45) is 0 Å². The van der Waals surface area contributed by atoms with Crippen LogP contribution in [0, 0.1) is 20.2 Å². The van der Waals surface area contributed by atoms with E-state index in [4.69, 9.17) is 14.2 Å². The maximum atomic E-state index is 10.9. The number of nitro benzene ring substituents is 2. The number of ether oxygens (including phenoxy) is 3. The number of non-ortho nitro benzene ring substituents is 1. The summed E-state index contributed by atoms with van der Waals surface area (Å²) in [5, 5.41) is 21.6. The van der Waals surface area contributed by atoms with Gasteiger partial charge in [-0.05, 0) is 12.1 Å². The number of methoxy groups -OCH3 is 1. The predicted octanol–water partition coefficient (Wildman–Crippen LogP) is 2.97. The van der Waals surface area contributed by atoms with E-state index < -0.39 is 9.85 Å². The highest BCUT2D eigenvalue weighted by Crippen LogP contribution is 2.31. The number of hydrogen-bond donors (Lipinski definition) is 0. The zero-order chi connectivity index (χ0) is 17.5. The summed E-state index contributed by atoms with van der Waals surface area (Å²) in [4.78, 5) is 20.5. The average Bonchev–Trinajstić information content (AvgIpc) is 2.58. The van der Waals surface area contributed by atoms with Crippen LogP contribution < -0.4 is 14.2 Å². The molecule has 0 aliphatic carbocycles. The Hall–Kier alpha value is -3.36. The van der Waals surface area contributed by atoms with Crippen molar-refractivity contribution in [1.29, 1.82) is 0 Å². The number of benzene rings is 2. The van der Waals surface area contributed by atoms with Crippen LogP contribution >= 0.6 is 0 Å². The lowest BCUT2D eigenvalue weighted by atomic mass is 10.3. The van der Waals surface area contributed by atoms with Gasteiger partial charge in [-0.25, -0.2) is 0 Å². The third kappa shape index (κ3) is 4.09. The summed E-state index contributed by atoms with van der Waals surface area (Å²) >= 11 is 0. The van der Waals surface area contributed by atoms with Gasteiger partial charge < -0.3 is 14.2 Å². The molecule has 9 heteroatoms. The van der Waals surface area contributed by atoms with E-state index in [2.05, 4.69) is 0 Å². The molecule has 0 bridgehead atoms. The number of nitrogens with zero attached hydrogens (tertiary/aromatic N) is 2. The van der Waals surface area contributed by atoms with E-state index in [0.29, 0.717) is 5.75 Å². The molecule has 0 radical (unpaired) electrons. The van der Waals surface area contributed by atoms with Gasteiger partial charge in [0.1, 0.15) is 13.2 Å². The van der Waals surface area contributed by atoms with Crippen molar-refractivity contribution >= 4 is 11.4 Å². The Balaban J connectivity index is 1.95. The van der Waals surface area contributed by atoms with Gasteiger partial charge in [-0.2, -0.15) is 0 Å². The Morgan fingerprint density at radius 2 is 1.54 bits per heavy atom. The lowest BCUT2D eigenvalue weighted by Gasteiger charge is -2.11. The molecule has 0 fully saturated rings. The van der Waals surface area contributed by atoms with Crippen LogP contribution in [0.25, 0.3) is 0 Å². The lowest BCUT2D eigenvalue weighted by molar-refractivity contribution is -0.385. The van der Waals surface area contributed by atoms with Crippen molar-refractivity contribution < 1.29 is 24.1 Å². The fourth-order valence-corrected chi connectivity index (χ4v) is 1.92. The van der Waals surface area contributed by atoms with Crippen LogP contribution in [-0.2, 0) is 0 Å². The normalized spacial score (nSPS) is 10.0. The molecule has 24 heavy (non-hydrogen) atoms. The average molecular weight is 334 g/mol. The van der Waals surface area contributed by atoms with E-state index in [1.807, 2.05) is 0 Å². The van der Waals surface area contributed by atoms with Gasteiger partial charge in [0, 0.05) is 12.1 Å². The third-order valence-corrected chi connectivity index (χ3v) is 3.02. The molecular weight excluding hydrogens is 320 g/mol. The van der Waals surface area contributed by atoms with Crippen molar-refractivity contribution in [1.82, 2.24) is 0 Å².